The second kappa shape index (κ2) is 5.84. The number of para-hydroxylation sites is 1. The normalized spacial score (nSPS) is 34.8. The zero-order valence-corrected chi connectivity index (χ0v) is 16.1. The van der Waals surface area contributed by atoms with Crippen molar-refractivity contribution in [2.24, 2.45) is 11.8 Å². The van der Waals surface area contributed by atoms with Gasteiger partial charge >= 0.3 is 6.09 Å². The van der Waals surface area contributed by atoms with Gasteiger partial charge in [0.05, 0.1) is 12.6 Å². The number of rotatable bonds is 0. The standard InChI is InChI=1S/C23H28N2O2/c1-27-23(26)25-18-7-3-2-6-17(18)21-19(25)11-10-14-8-9-15-13-16-5-4-12-24(16)22(15)20(14)21/h2-3,6-7,14-16,20,22H,4-5,8-13H2,1H3/t14?,15?,16-,20?,22?/m1/s1. The number of methoxy groups -OCH3 is 1. The van der Waals surface area contributed by atoms with Crippen LogP contribution in [-0.4, -0.2) is 41.3 Å². The summed E-state index contributed by atoms with van der Waals surface area (Å²) in [7, 11) is 1.50. The first-order valence-corrected chi connectivity index (χ1v) is 10.7. The van der Waals surface area contributed by atoms with E-state index in [1.54, 1.807) is 0 Å². The molecule has 4 heteroatoms. The Morgan fingerprint density at radius 3 is 2.85 bits per heavy atom. The van der Waals surface area contributed by atoms with Crippen LogP contribution in [0.25, 0.3) is 10.9 Å². The molecule has 6 rings (SSSR count). The van der Waals surface area contributed by atoms with E-state index < -0.39 is 0 Å². The Labute approximate surface area is 160 Å². The molecule has 0 spiro atoms. The number of benzene rings is 1. The average Bonchev–Trinajstić information content (AvgIpc) is 3.37. The molecule has 2 saturated heterocycles. The van der Waals surface area contributed by atoms with Crippen molar-refractivity contribution in [2.45, 2.75) is 62.9 Å². The molecule has 0 amide bonds. The third kappa shape index (κ3) is 2.11. The SMILES string of the molecule is COC(=O)n1c2c(c3ccccc31)C1C(CC2)CCC2C[C@H]3CCCN3C21. The van der Waals surface area contributed by atoms with Gasteiger partial charge in [0, 0.05) is 29.1 Å². The average molecular weight is 364 g/mol. The molecule has 142 valence electrons. The van der Waals surface area contributed by atoms with Crippen LogP contribution in [0.3, 0.4) is 0 Å². The summed E-state index contributed by atoms with van der Waals surface area (Å²) in [5, 5.41) is 1.29. The molecule has 3 fully saturated rings. The fraction of sp³-hybridized carbons (Fsp3) is 0.609. The maximum Gasteiger partial charge on any atom is 0.418 e. The van der Waals surface area contributed by atoms with Crippen LogP contribution in [0.2, 0.25) is 0 Å². The van der Waals surface area contributed by atoms with Gasteiger partial charge in [0.15, 0.2) is 0 Å². The van der Waals surface area contributed by atoms with Gasteiger partial charge in [-0.05, 0) is 75.0 Å². The molecular formula is C23H28N2O2. The molecule has 2 aliphatic carbocycles. The van der Waals surface area contributed by atoms with E-state index in [0.717, 1.165) is 29.8 Å². The van der Waals surface area contributed by atoms with Gasteiger partial charge in [-0.3, -0.25) is 4.90 Å². The first-order valence-electron chi connectivity index (χ1n) is 10.7. The number of carbonyl (C=O) groups is 1. The molecule has 1 saturated carbocycles. The van der Waals surface area contributed by atoms with Gasteiger partial charge in [-0.1, -0.05) is 18.2 Å². The second-order valence-corrected chi connectivity index (χ2v) is 9.11. The summed E-state index contributed by atoms with van der Waals surface area (Å²) in [5.41, 5.74) is 3.75. The lowest BCUT2D eigenvalue weighted by molar-refractivity contribution is 0.107. The van der Waals surface area contributed by atoms with Crippen LogP contribution >= 0.6 is 0 Å². The molecular weight excluding hydrogens is 336 g/mol. The van der Waals surface area contributed by atoms with Gasteiger partial charge in [0.1, 0.15) is 0 Å². The van der Waals surface area contributed by atoms with Gasteiger partial charge in [-0.25, -0.2) is 9.36 Å². The summed E-state index contributed by atoms with van der Waals surface area (Å²) in [4.78, 5) is 15.5. The van der Waals surface area contributed by atoms with Crippen LogP contribution in [0.5, 0.6) is 0 Å². The highest BCUT2D eigenvalue weighted by molar-refractivity contribution is 5.94. The second-order valence-electron chi connectivity index (χ2n) is 9.11. The summed E-state index contributed by atoms with van der Waals surface area (Å²) in [6.45, 7) is 1.28. The van der Waals surface area contributed by atoms with E-state index in [0.29, 0.717) is 12.0 Å². The number of carbonyl (C=O) groups excluding carboxylic acids is 1. The Hall–Kier alpha value is -1.81. The lowest BCUT2D eigenvalue weighted by Crippen LogP contribution is -2.45. The summed E-state index contributed by atoms with van der Waals surface area (Å²) in [6, 6.07) is 10.00. The minimum Gasteiger partial charge on any atom is -0.452 e. The minimum absolute atomic E-state index is 0.233. The first-order chi connectivity index (χ1) is 13.3. The van der Waals surface area contributed by atoms with Crippen molar-refractivity contribution < 1.29 is 9.53 Å². The van der Waals surface area contributed by atoms with E-state index in [-0.39, 0.29) is 6.09 Å². The minimum atomic E-state index is -0.233. The summed E-state index contributed by atoms with van der Waals surface area (Å²) in [6.07, 6.45) is 8.91. The monoisotopic (exact) mass is 364 g/mol. The van der Waals surface area contributed by atoms with Gasteiger partial charge in [0.25, 0.3) is 0 Å². The fourth-order valence-corrected chi connectivity index (χ4v) is 7.23. The largest absolute Gasteiger partial charge is 0.452 e. The lowest BCUT2D eigenvalue weighted by atomic mass is 9.63. The molecule has 4 aliphatic rings. The summed E-state index contributed by atoms with van der Waals surface area (Å²) < 4.78 is 7.05. The van der Waals surface area contributed by atoms with E-state index in [4.69, 9.17) is 4.74 Å². The van der Waals surface area contributed by atoms with Crippen LogP contribution in [0.15, 0.2) is 24.3 Å². The van der Waals surface area contributed by atoms with Crippen LogP contribution in [0.4, 0.5) is 4.79 Å². The predicted octanol–water partition coefficient (Wildman–Crippen LogP) is 4.55. The molecule has 5 atom stereocenters. The van der Waals surface area contributed by atoms with Crippen LogP contribution < -0.4 is 0 Å². The van der Waals surface area contributed by atoms with E-state index in [1.807, 2.05) is 10.6 Å². The third-order valence-electron chi connectivity index (χ3n) is 8.11. The Bertz CT molecular complexity index is 916. The van der Waals surface area contributed by atoms with Gasteiger partial charge < -0.3 is 4.74 Å². The number of fused-ring (bicyclic) bond motifs is 9. The zero-order chi connectivity index (χ0) is 18.1. The molecule has 1 aromatic heterocycles. The van der Waals surface area contributed by atoms with Crippen molar-refractivity contribution >= 4 is 17.0 Å². The Kier molecular flexibility index (Phi) is 3.50. The van der Waals surface area contributed by atoms with Crippen molar-refractivity contribution in [2.75, 3.05) is 13.7 Å². The first kappa shape index (κ1) is 16.2. The molecule has 0 radical (unpaired) electrons. The number of hydrogen-bond acceptors (Lipinski definition) is 3. The van der Waals surface area contributed by atoms with E-state index in [2.05, 4.69) is 23.1 Å². The summed E-state index contributed by atoms with van der Waals surface area (Å²) in [5.74, 6) is 2.21. The maximum absolute atomic E-state index is 12.7. The van der Waals surface area contributed by atoms with Crippen LogP contribution in [-0.2, 0) is 11.2 Å². The molecule has 4 nitrogen and oxygen atoms in total. The fourth-order valence-electron chi connectivity index (χ4n) is 7.23. The number of hydrogen-bond donors (Lipinski definition) is 0. The molecule has 3 heterocycles. The van der Waals surface area contributed by atoms with Crippen molar-refractivity contribution in [3.63, 3.8) is 0 Å². The van der Waals surface area contributed by atoms with Crippen molar-refractivity contribution in [3.8, 4) is 0 Å². The molecule has 2 aromatic rings. The number of ether oxygens (including phenoxy) is 1. The highest BCUT2D eigenvalue weighted by Gasteiger charge is 2.53. The van der Waals surface area contributed by atoms with E-state index in [9.17, 15) is 4.79 Å². The topological polar surface area (TPSA) is 34.5 Å². The van der Waals surface area contributed by atoms with E-state index >= 15 is 0 Å². The number of aromatic nitrogens is 1. The molecule has 0 bridgehead atoms. The molecule has 1 aromatic carbocycles. The number of nitrogens with zero attached hydrogens (tertiary/aromatic N) is 2. The molecule has 2 aliphatic heterocycles. The zero-order valence-electron chi connectivity index (χ0n) is 16.1. The highest BCUT2D eigenvalue weighted by Crippen LogP contribution is 2.56. The third-order valence-corrected chi connectivity index (χ3v) is 8.11. The van der Waals surface area contributed by atoms with Crippen molar-refractivity contribution in [1.82, 2.24) is 9.47 Å². The van der Waals surface area contributed by atoms with Gasteiger partial charge in [-0.15, -0.1) is 0 Å². The maximum atomic E-state index is 12.7. The van der Waals surface area contributed by atoms with Gasteiger partial charge in [0.2, 0.25) is 0 Å². The van der Waals surface area contributed by atoms with Crippen LogP contribution in [0, 0.1) is 11.8 Å². The van der Waals surface area contributed by atoms with Crippen molar-refractivity contribution in [3.05, 3.63) is 35.5 Å². The Morgan fingerprint density at radius 2 is 1.96 bits per heavy atom. The van der Waals surface area contributed by atoms with E-state index in [1.165, 1.54) is 68.8 Å². The van der Waals surface area contributed by atoms with Gasteiger partial charge in [-0.2, -0.15) is 0 Å². The summed E-state index contributed by atoms with van der Waals surface area (Å²) >= 11 is 0. The molecule has 27 heavy (non-hydrogen) atoms. The Morgan fingerprint density at radius 1 is 1.11 bits per heavy atom. The predicted molar refractivity (Wildman–Crippen MR) is 105 cm³/mol. The van der Waals surface area contributed by atoms with Crippen molar-refractivity contribution in [1.29, 1.82) is 0 Å². The quantitative estimate of drug-likeness (QED) is 0.688. The van der Waals surface area contributed by atoms with Crippen LogP contribution in [0.1, 0.15) is 55.7 Å². The smallest absolute Gasteiger partial charge is 0.418 e. The Balaban J connectivity index is 1.57. The molecule has 4 unspecified atom stereocenters. The molecule has 0 N–H and O–H groups in total. The highest BCUT2D eigenvalue weighted by atomic mass is 16.5. The lowest BCUT2D eigenvalue weighted by Gasteiger charge is -2.46.